The Morgan fingerprint density at radius 1 is 0.966 bits per heavy atom. The molecule has 0 radical (unpaired) electrons. The molecular formula is C22H23FN2O4. The first-order chi connectivity index (χ1) is 14.0. The van der Waals surface area contributed by atoms with Crippen LogP contribution >= 0.6 is 0 Å². The molecule has 4 rings (SSSR count). The van der Waals surface area contributed by atoms with Gasteiger partial charge in [0.15, 0.2) is 11.5 Å². The predicted molar refractivity (Wildman–Crippen MR) is 107 cm³/mol. The number of carbonyl (C=O) groups excluding carboxylic acids is 2. The Labute approximate surface area is 168 Å². The monoisotopic (exact) mass is 398 g/mol. The number of nitrogens with one attached hydrogen (secondary N) is 2. The molecule has 6 nitrogen and oxygen atoms in total. The molecule has 0 saturated heterocycles. The number of carbonyl (C=O) groups is 2. The Balaban J connectivity index is 1.64. The Morgan fingerprint density at radius 2 is 1.69 bits per heavy atom. The zero-order valence-electron chi connectivity index (χ0n) is 16.2. The van der Waals surface area contributed by atoms with Crippen LogP contribution in [0.3, 0.4) is 0 Å². The first kappa shape index (κ1) is 19.2. The molecule has 29 heavy (non-hydrogen) atoms. The maximum atomic E-state index is 14.3. The number of hydrogen-bond donors (Lipinski definition) is 2. The van der Waals surface area contributed by atoms with Crippen molar-refractivity contribution in [1.82, 2.24) is 0 Å². The van der Waals surface area contributed by atoms with Gasteiger partial charge in [0.2, 0.25) is 11.8 Å². The van der Waals surface area contributed by atoms with Gasteiger partial charge >= 0.3 is 0 Å². The van der Waals surface area contributed by atoms with Gasteiger partial charge in [-0.05, 0) is 48.7 Å². The van der Waals surface area contributed by atoms with Gasteiger partial charge in [0.05, 0.1) is 11.1 Å². The largest absolute Gasteiger partial charge is 0.486 e. The van der Waals surface area contributed by atoms with E-state index in [9.17, 15) is 14.0 Å². The Morgan fingerprint density at radius 3 is 2.41 bits per heavy atom. The summed E-state index contributed by atoms with van der Waals surface area (Å²) in [5.41, 5.74) is 0.556. The fourth-order valence-electron chi connectivity index (χ4n) is 4.11. The normalized spacial score (nSPS) is 16.9. The van der Waals surface area contributed by atoms with E-state index in [2.05, 4.69) is 10.6 Å². The first-order valence-electron chi connectivity index (χ1n) is 9.77. The van der Waals surface area contributed by atoms with E-state index in [-0.39, 0.29) is 17.5 Å². The Bertz CT molecular complexity index is 954. The smallest absolute Gasteiger partial charge is 0.235 e. The number of hydrogen-bond acceptors (Lipinski definition) is 4. The second-order valence-corrected chi connectivity index (χ2v) is 7.48. The van der Waals surface area contributed by atoms with Gasteiger partial charge in [-0.3, -0.25) is 9.59 Å². The average Bonchev–Trinajstić information content (AvgIpc) is 3.21. The summed E-state index contributed by atoms with van der Waals surface area (Å²) in [4.78, 5) is 24.6. The van der Waals surface area contributed by atoms with Crippen molar-refractivity contribution in [2.45, 2.75) is 38.0 Å². The molecule has 2 N–H and O–H groups in total. The summed E-state index contributed by atoms with van der Waals surface area (Å²) < 4.78 is 25.6. The van der Waals surface area contributed by atoms with Crippen LogP contribution < -0.4 is 20.1 Å². The van der Waals surface area contributed by atoms with E-state index in [1.807, 2.05) is 18.2 Å². The lowest BCUT2D eigenvalue weighted by atomic mass is 9.77. The van der Waals surface area contributed by atoms with E-state index >= 15 is 0 Å². The minimum atomic E-state index is -0.758. The molecule has 1 fully saturated rings. The van der Waals surface area contributed by atoms with Crippen LogP contribution in [0, 0.1) is 5.82 Å². The fourth-order valence-corrected chi connectivity index (χ4v) is 4.11. The molecule has 7 heteroatoms. The standard InChI is InChI=1S/C22H23FN2O4/c1-14(26)24-16-5-6-17(23)18(13-16)25-21(27)22(8-2-3-9-22)15-4-7-19-20(12-15)29-11-10-28-19/h4-7,12-13H,2-3,8-11H2,1H3,(H,24,26)(H,25,27). The van der Waals surface area contributed by atoms with Crippen LogP contribution in [0.4, 0.5) is 15.8 Å². The first-order valence-corrected chi connectivity index (χ1v) is 9.77. The number of fused-ring (bicyclic) bond motifs is 1. The van der Waals surface area contributed by atoms with Gasteiger partial charge in [-0.25, -0.2) is 4.39 Å². The van der Waals surface area contributed by atoms with E-state index < -0.39 is 11.2 Å². The molecule has 1 aliphatic heterocycles. The van der Waals surface area contributed by atoms with Gasteiger partial charge in [0, 0.05) is 12.6 Å². The van der Waals surface area contributed by atoms with Gasteiger partial charge in [0.1, 0.15) is 19.0 Å². The van der Waals surface area contributed by atoms with Crippen molar-refractivity contribution in [3.8, 4) is 11.5 Å². The predicted octanol–water partition coefficient (Wildman–Crippen LogP) is 4.01. The summed E-state index contributed by atoms with van der Waals surface area (Å²) in [7, 11) is 0. The van der Waals surface area contributed by atoms with E-state index in [1.165, 1.54) is 25.1 Å². The molecule has 0 aromatic heterocycles. The lowest BCUT2D eigenvalue weighted by molar-refractivity contribution is -0.121. The molecule has 1 saturated carbocycles. The third-order valence-electron chi connectivity index (χ3n) is 5.52. The summed E-state index contributed by atoms with van der Waals surface area (Å²) >= 11 is 0. The minimum Gasteiger partial charge on any atom is -0.486 e. The van der Waals surface area contributed by atoms with Crippen LogP contribution in [0.2, 0.25) is 0 Å². The highest BCUT2D eigenvalue weighted by Gasteiger charge is 2.43. The third-order valence-corrected chi connectivity index (χ3v) is 5.52. The summed E-state index contributed by atoms with van der Waals surface area (Å²) in [5.74, 6) is 0.222. The second kappa shape index (κ2) is 7.73. The fraction of sp³-hybridized carbons (Fsp3) is 0.364. The van der Waals surface area contributed by atoms with Crippen molar-refractivity contribution >= 4 is 23.2 Å². The lowest BCUT2D eigenvalue weighted by Gasteiger charge is -2.30. The lowest BCUT2D eigenvalue weighted by Crippen LogP contribution is -2.38. The van der Waals surface area contributed by atoms with Crippen molar-refractivity contribution in [2.24, 2.45) is 0 Å². The van der Waals surface area contributed by atoms with Crippen molar-refractivity contribution in [3.63, 3.8) is 0 Å². The summed E-state index contributed by atoms with van der Waals surface area (Å²) in [6.07, 6.45) is 3.17. The molecule has 0 bridgehead atoms. The molecule has 0 atom stereocenters. The molecular weight excluding hydrogens is 375 g/mol. The van der Waals surface area contributed by atoms with Crippen LogP contribution in [0.1, 0.15) is 38.2 Å². The highest BCUT2D eigenvalue weighted by molar-refractivity contribution is 6.00. The van der Waals surface area contributed by atoms with Gasteiger partial charge < -0.3 is 20.1 Å². The third kappa shape index (κ3) is 3.77. The van der Waals surface area contributed by atoms with Gasteiger partial charge in [-0.1, -0.05) is 18.9 Å². The zero-order chi connectivity index (χ0) is 20.4. The van der Waals surface area contributed by atoms with Crippen molar-refractivity contribution in [2.75, 3.05) is 23.8 Å². The Kier molecular flexibility index (Phi) is 5.13. The van der Waals surface area contributed by atoms with E-state index in [0.29, 0.717) is 43.2 Å². The van der Waals surface area contributed by atoms with E-state index in [1.54, 1.807) is 0 Å². The SMILES string of the molecule is CC(=O)Nc1ccc(F)c(NC(=O)C2(c3ccc4c(c3)OCCO4)CCCC2)c1. The average molecular weight is 398 g/mol. The van der Waals surface area contributed by atoms with Gasteiger partial charge in [-0.2, -0.15) is 0 Å². The molecule has 152 valence electrons. The molecule has 2 aliphatic rings. The topological polar surface area (TPSA) is 76.7 Å². The highest BCUT2D eigenvalue weighted by Crippen LogP contribution is 2.45. The summed E-state index contributed by atoms with van der Waals surface area (Å²) in [6.45, 7) is 2.34. The maximum absolute atomic E-state index is 14.3. The van der Waals surface area contributed by atoms with Gasteiger partial charge in [0.25, 0.3) is 0 Å². The number of benzene rings is 2. The van der Waals surface area contributed by atoms with E-state index in [4.69, 9.17) is 9.47 Å². The molecule has 2 amide bonds. The highest BCUT2D eigenvalue weighted by atomic mass is 19.1. The molecule has 1 heterocycles. The van der Waals surface area contributed by atoms with Crippen LogP contribution in [0.15, 0.2) is 36.4 Å². The summed E-state index contributed by atoms with van der Waals surface area (Å²) in [6, 6.07) is 9.70. The number of anilines is 2. The quantitative estimate of drug-likeness (QED) is 0.816. The maximum Gasteiger partial charge on any atom is 0.235 e. The van der Waals surface area contributed by atoms with Gasteiger partial charge in [-0.15, -0.1) is 0 Å². The zero-order valence-corrected chi connectivity index (χ0v) is 16.2. The molecule has 2 aromatic carbocycles. The molecule has 0 unspecified atom stereocenters. The molecule has 0 spiro atoms. The number of halogens is 1. The van der Waals surface area contributed by atoms with E-state index in [0.717, 1.165) is 18.4 Å². The van der Waals surface area contributed by atoms with Crippen molar-refractivity contribution < 1.29 is 23.5 Å². The summed E-state index contributed by atoms with van der Waals surface area (Å²) in [5, 5.41) is 5.35. The second-order valence-electron chi connectivity index (χ2n) is 7.48. The van der Waals surface area contributed by atoms with Crippen LogP contribution in [0.5, 0.6) is 11.5 Å². The van der Waals surface area contributed by atoms with Crippen LogP contribution in [0.25, 0.3) is 0 Å². The number of rotatable bonds is 4. The minimum absolute atomic E-state index is 0.0464. The molecule has 1 aliphatic carbocycles. The van der Waals surface area contributed by atoms with Crippen LogP contribution in [-0.2, 0) is 15.0 Å². The van der Waals surface area contributed by atoms with Crippen molar-refractivity contribution in [3.05, 3.63) is 47.8 Å². The number of amides is 2. The van der Waals surface area contributed by atoms with Crippen molar-refractivity contribution in [1.29, 1.82) is 0 Å². The molecule has 2 aromatic rings. The number of ether oxygens (including phenoxy) is 2. The van der Waals surface area contributed by atoms with Crippen LogP contribution in [-0.4, -0.2) is 25.0 Å². The Hall–Kier alpha value is -3.09.